The van der Waals surface area contributed by atoms with Crippen molar-refractivity contribution < 1.29 is 14.6 Å². The summed E-state index contributed by atoms with van der Waals surface area (Å²) in [6, 6.07) is 7.81. The van der Waals surface area contributed by atoms with Gasteiger partial charge in [0.15, 0.2) is 0 Å². The van der Waals surface area contributed by atoms with Crippen molar-refractivity contribution in [2.45, 2.75) is 45.4 Å². The minimum Gasteiger partial charge on any atom is -0.494 e. The second kappa shape index (κ2) is 9.56. The van der Waals surface area contributed by atoms with Crippen molar-refractivity contribution in [1.82, 2.24) is 5.32 Å². The minimum absolute atomic E-state index is 0.350. The maximum Gasteiger partial charge on any atom is 0.306 e. The van der Waals surface area contributed by atoms with E-state index in [1.54, 1.807) is 6.92 Å². The molecule has 1 aliphatic rings. The highest BCUT2D eigenvalue weighted by atomic mass is 16.5. The fraction of sp³-hybridized carbons (Fsp3) is 0.632. The van der Waals surface area contributed by atoms with E-state index in [1.165, 1.54) is 38.8 Å². The van der Waals surface area contributed by atoms with Gasteiger partial charge in [-0.2, -0.15) is 0 Å². The SMILES string of the molecule is C[C@H](Cc1ccc(OCCCCC2CCNCC2)cc1)C(=O)O. The van der Waals surface area contributed by atoms with Crippen LogP contribution in [0.2, 0.25) is 0 Å². The van der Waals surface area contributed by atoms with Crippen molar-refractivity contribution in [2.75, 3.05) is 19.7 Å². The first-order chi connectivity index (χ1) is 11.1. The number of benzene rings is 1. The molecule has 0 amide bonds. The smallest absolute Gasteiger partial charge is 0.306 e. The summed E-state index contributed by atoms with van der Waals surface area (Å²) >= 11 is 0. The van der Waals surface area contributed by atoms with Crippen molar-refractivity contribution in [2.24, 2.45) is 11.8 Å². The molecule has 1 saturated heterocycles. The molecule has 0 unspecified atom stereocenters. The summed E-state index contributed by atoms with van der Waals surface area (Å²) in [5.41, 5.74) is 1.04. The van der Waals surface area contributed by atoms with Crippen LogP contribution in [0.4, 0.5) is 0 Å². The molecule has 1 fully saturated rings. The van der Waals surface area contributed by atoms with E-state index >= 15 is 0 Å². The summed E-state index contributed by atoms with van der Waals surface area (Å²) in [5.74, 6) is 0.668. The fourth-order valence-electron chi connectivity index (χ4n) is 3.06. The van der Waals surface area contributed by atoms with Crippen molar-refractivity contribution in [3.8, 4) is 5.75 Å². The van der Waals surface area contributed by atoms with Gasteiger partial charge in [-0.3, -0.25) is 4.79 Å². The number of hydrogen-bond acceptors (Lipinski definition) is 3. The molecule has 0 aliphatic carbocycles. The topological polar surface area (TPSA) is 58.6 Å². The number of rotatable bonds is 9. The summed E-state index contributed by atoms with van der Waals surface area (Å²) < 4.78 is 5.77. The van der Waals surface area contributed by atoms with E-state index in [9.17, 15) is 4.79 Å². The molecule has 2 rings (SSSR count). The molecule has 1 atom stereocenters. The lowest BCUT2D eigenvalue weighted by Crippen LogP contribution is -2.27. The van der Waals surface area contributed by atoms with Gasteiger partial charge in [-0.15, -0.1) is 0 Å². The molecule has 4 heteroatoms. The van der Waals surface area contributed by atoms with E-state index in [0.717, 1.165) is 30.3 Å². The lowest BCUT2D eigenvalue weighted by atomic mass is 9.93. The summed E-state index contributed by atoms with van der Waals surface area (Å²) in [6.45, 7) is 4.84. The van der Waals surface area contributed by atoms with Crippen molar-refractivity contribution in [1.29, 1.82) is 0 Å². The lowest BCUT2D eigenvalue weighted by molar-refractivity contribution is -0.141. The molecule has 2 N–H and O–H groups in total. The van der Waals surface area contributed by atoms with Crippen LogP contribution < -0.4 is 10.1 Å². The Morgan fingerprint density at radius 2 is 1.96 bits per heavy atom. The number of ether oxygens (including phenoxy) is 1. The van der Waals surface area contributed by atoms with Crippen LogP contribution in [-0.2, 0) is 11.2 Å². The molecule has 23 heavy (non-hydrogen) atoms. The quantitative estimate of drug-likeness (QED) is 0.684. The van der Waals surface area contributed by atoms with E-state index in [0.29, 0.717) is 6.42 Å². The average molecular weight is 319 g/mol. The van der Waals surface area contributed by atoms with Crippen LogP contribution in [0.5, 0.6) is 5.75 Å². The van der Waals surface area contributed by atoms with E-state index in [-0.39, 0.29) is 5.92 Å². The highest BCUT2D eigenvalue weighted by molar-refractivity contribution is 5.69. The van der Waals surface area contributed by atoms with E-state index in [4.69, 9.17) is 9.84 Å². The Morgan fingerprint density at radius 3 is 2.61 bits per heavy atom. The zero-order chi connectivity index (χ0) is 16.5. The number of carboxylic acids is 1. The van der Waals surface area contributed by atoms with Crippen LogP contribution in [-0.4, -0.2) is 30.8 Å². The number of aliphatic carboxylic acids is 1. The standard InChI is InChI=1S/C19H29NO3/c1-15(19(21)22)14-17-5-7-18(8-6-17)23-13-3-2-4-16-9-11-20-12-10-16/h5-8,15-16,20H,2-4,9-14H2,1H3,(H,21,22)/t15-/m1/s1. The molecule has 4 nitrogen and oxygen atoms in total. The molecule has 1 aromatic carbocycles. The van der Waals surface area contributed by atoms with E-state index in [1.807, 2.05) is 24.3 Å². The number of piperidine rings is 1. The summed E-state index contributed by atoms with van der Waals surface area (Å²) in [5, 5.41) is 12.3. The van der Waals surface area contributed by atoms with Crippen LogP contribution >= 0.6 is 0 Å². The second-order valence-corrected chi connectivity index (χ2v) is 6.62. The molecule has 1 heterocycles. The van der Waals surface area contributed by atoms with Gasteiger partial charge in [0.05, 0.1) is 12.5 Å². The van der Waals surface area contributed by atoms with Crippen LogP contribution in [0.3, 0.4) is 0 Å². The predicted molar refractivity (Wildman–Crippen MR) is 91.9 cm³/mol. The first-order valence-electron chi connectivity index (χ1n) is 8.80. The van der Waals surface area contributed by atoms with Gasteiger partial charge in [-0.05, 0) is 68.8 Å². The monoisotopic (exact) mass is 319 g/mol. The molecular weight excluding hydrogens is 290 g/mol. The fourth-order valence-corrected chi connectivity index (χ4v) is 3.06. The first kappa shape index (κ1) is 17.8. The van der Waals surface area contributed by atoms with Crippen LogP contribution in [0, 0.1) is 11.8 Å². The molecular formula is C19H29NO3. The third kappa shape index (κ3) is 6.61. The zero-order valence-electron chi connectivity index (χ0n) is 14.1. The normalized spacial score (nSPS) is 16.9. The summed E-state index contributed by atoms with van der Waals surface area (Å²) in [4.78, 5) is 10.9. The third-order valence-electron chi connectivity index (χ3n) is 4.62. The summed E-state index contributed by atoms with van der Waals surface area (Å²) in [6.07, 6.45) is 6.84. The van der Waals surface area contributed by atoms with Gasteiger partial charge in [-0.1, -0.05) is 25.5 Å². The number of carboxylic acid groups (broad SMARTS) is 1. The minimum atomic E-state index is -0.751. The van der Waals surface area contributed by atoms with Crippen molar-refractivity contribution >= 4 is 5.97 Å². The van der Waals surface area contributed by atoms with Gasteiger partial charge in [0.25, 0.3) is 0 Å². The largest absolute Gasteiger partial charge is 0.494 e. The Labute approximate surface area is 139 Å². The highest BCUT2D eigenvalue weighted by Crippen LogP contribution is 2.19. The van der Waals surface area contributed by atoms with Gasteiger partial charge in [0.2, 0.25) is 0 Å². The number of nitrogens with one attached hydrogen (secondary N) is 1. The van der Waals surface area contributed by atoms with Gasteiger partial charge in [-0.25, -0.2) is 0 Å². The van der Waals surface area contributed by atoms with Crippen molar-refractivity contribution in [3.63, 3.8) is 0 Å². The van der Waals surface area contributed by atoms with Crippen LogP contribution in [0.15, 0.2) is 24.3 Å². The Bertz CT molecular complexity index is 466. The Morgan fingerprint density at radius 1 is 1.26 bits per heavy atom. The molecule has 0 aromatic heterocycles. The molecule has 0 saturated carbocycles. The van der Waals surface area contributed by atoms with E-state index < -0.39 is 5.97 Å². The maximum absolute atomic E-state index is 10.9. The molecule has 128 valence electrons. The number of unbranched alkanes of at least 4 members (excludes halogenated alkanes) is 1. The highest BCUT2D eigenvalue weighted by Gasteiger charge is 2.12. The molecule has 0 spiro atoms. The van der Waals surface area contributed by atoms with Gasteiger partial charge in [0, 0.05) is 0 Å². The average Bonchev–Trinajstić information content (AvgIpc) is 2.57. The lowest BCUT2D eigenvalue weighted by Gasteiger charge is -2.22. The van der Waals surface area contributed by atoms with Crippen molar-refractivity contribution in [3.05, 3.63) is 29.8 Å². The zero-order valence-corrected chi connectivity index (χ0v) is 14.1. The van der Waals surface area contributed by atoms with Gasteiger partial charge in [0.1, 0.15) is 5.75 Å². The summed E-state index contributed by atoms with van der Waals surface area (Å²) in [7, 11) is 0. The van der Waals surface area contributed by atoms with Crippen LogP contribution in [0.1, 0.15) is 44.6 Å². The van der Waals surface area contributed by atoms with Crippen LogP contribution in [0.25, 0.3) is 0 Å². The Hall–Kier alpha value is -1.55. The molecule has 0 bridgehead atoms. The number of carbonyl (C=O) groups is 1. The van der Waals surface area contributed by atoms with Gasteiger partial charge >= 0.3 is 5.97 Å². The molecule has 0 radical (unpaired) electrons. The Balaban J connectivity index is 1.61. The Kier molecular flexibility index (Phi) is 7.40. The second-order valence-electron chi connectivity index (χ2n) is 6.62. The molecule has 1 aliphatic heterocycles. The first-order valence-corrected chi connectivity index (χ1v) is 8.80. The van der Waals surface area contributed by atoms with Gasteiger partial charge < -0.3 is 15.2 Å². The third-order valence-corrected chi connectivity index (χ3v) is 4.62. The number of hydrogen-bond donors (Lipinski definition) is 2. The van der Waals surface area contributed by atoms with E-state index in [2.05, 4.69) is 5.32 Å². The maximum atomic E-state index is 10.9. The predicted octanol–water partition coefficient (Wildman–Crippen LogP) is 3.50. The molecule has 1 aromatic rings.